The molecule has 1 aliphatic rings. The Morgan fingerprint density at radius 2 is 2.07 bits per heavy atom. The summed E-state index contributed by atoms with van der Waals surface area (Å²) in [6.07, 6.45) is 1.65. The Morgan fingerprint density at radius 1 is 1.34 bits per heavy atom. The van der Waals surface area contributed by atoms with Gasteiger partial charge < -0.3 is 30.0 Å². The first kappa shape index (κ1) is 21.2. The van der Waals surface area contributed by atoms with Gasteiger partial charge in [0, 0.05) is 25.9 Å². The van der Waals surface area contributed by atoms with Crippen LogP contribution in [0.2, 0.25) is 5.15 Å². The lowest BCUT2D eigenvalue weighted by molar-refractivity contribution is 0.0537. The lowest BCUT2D eigenvalue weighted by atomic mass is 10.0. The smallest absolute Gasteiger partial charge is 0.337 e. The molecule has 1 amide bonds. The van der Waals surface area contributed by atoms with E-state index in [2.05, 4.69) is 20.3 Å². The molecule has 158 valence electrons. The predicted octanol–water partition coefficient (Wildman–Crippen LogP) is 2.24. The Balaban J connectivity index is 1.69. The molecule has 0 bridgehead atoms. The van der Waals surface area contributed by atoms with Crippen molar-refractivity contribution in [2.45, 2.75) is 45.3 Å². The van der Waals surface area contributed by atoms with E-state index in [1.54, 1.807) is 13.2 Å². The van der Waals surface area contributed by atoms with Gasteiger partial charge in [-0.3, -0.25) is 4.79 Å². The number of piperidine rings is 1. The van der Waals surface area contributed by atoms with Gasteiger partial charge in [-0.15, -0.1) is 0 Å². The summed E-state index contributed by atoms with van der Waals surface area (Å²) >= 11 is 6.02. The zero-order chi connectivity index (χ0) is 21.1. The standard InChI is InChI=1S/C19H26ClN5O4/c1-4-11-10(19(27)28)8-15(21-11)25-7-6-13(14(9-25)29-3)23-18(26)17-22-12(5-2)16(20)24-17/h8,13-14,21H,4-7,9H2,1-3H3,(H,22,24)(H,23,26)(H,27,28). The topological polar surface area (TPSA) is 123 Å². The van der Waals surface area contributed by atoms with Crippen LogP contribution in [-0.2, 0) is 17.6 Å². The fourth-order valence-corrected chi connectivity index (χ4v) is 3.89. The number of nitrogens with zero attached hydrogens (tertiary/aromatic N) is 2. The first-order chi connectivity index (χ1) is 13.9. The van der Waals surface area contributed by atoms with Crippen LogP contribution in [-0.4, -0.2) is 64.3 Å². The monoisotopic (exact) mass is 423 g/mol. The van der Waals surface area contributed by atoms with Crippen LogP contribution in [0.15, 0.2) is 6.07 Å². The normalized spacial score (nSPS) is 19.4. The fourth-order valence-electron chi connectivity index (χ4n) is 3.63. The number of hydrogen-bond donors (Lipinski definition) is 4. The summed E-state index contributed by atoms with van der Waals surface area (Å²) in [7, 11) is 1.60. The summed E-state index contributed by atoms with van der Waals surface area (Å²) in [5, 5.41) is 12.6. The van der Waals surface area contributed by atoms with Crippen molar-refractivity contribution in [2.24, 2.45) is 0 Å². The zero-order valence-electron chi connectivity index (χ0n) is 16.7. The van der Waals surface area contributed by atoms with Crippen molar-refractivity contribution in [1.82, 2.24) is 20.3 Å². The van der Waals surface area contributed by atoms with Gasteiger partial charge in [0.15, 0.2) is 11.0 Å². The molecule has 9 nitrogen and oxygen atoms in total. The maximum absolute atomic E-state index is 12.6. The minimum absolute atomic E-state index is 0.187. The Labute approximate surface area is 173 Å². The highest BCUT2D eigenvalue weighted by Gasteiger charge is 2.32. The number of carbonyl (C=O) groups excluding carboxylic acids is 1. The first-order valence-corrected chi connectivity index (χ1v) is 10.0. The summed E-state index contributed by atoms with van der Waals surface area (Å²) in [5.41, 5.74) is 1.70. The highest BCUT2D eigenvalue weighted by molar-refractivity contribution is 6.30. The lowest BCUT2D eigenvalue weighted by Crippen LogP contribution is -2.55. The molecule has 29 heavy (non-hydrogen) atoms. The number of anilines is 1. The van der Waals surface area contributed by atoms with Gasteiger partial charge in [0.25, 0.3) is 5.91 Å². The van der Waals surface area contributed by atoms with E-state index in [-0.39, 0.29) is 29.4 Å². The number of ether oxygens (including phenoxy) is 1. The number of imidazole rings is 1. The molecule has 4 N–H and O–H groups in total. The number of aryl methyl sites for hydroxylation is 2. The molecule has 1 saturated heterocycles. The fraction of sp³-hybridized carbons (Fsp3) is 0.526. The van der Waals surface area contributed by atoms with Gasteiger partial charge in [0.2, 0.25) is 0 Å². The van der Waals surface area contributed by atoms with Crippen LogP contribution in [0, 0.1) is 0 Å². The first-order valence-electron chi connectivity index (χ1n) is 9.66. The molecule has 1 aliphatic heterocycles. The predicted molar refractivity (Wildman–Crippen MR) is 109 cm³/mol. The van der Waals surface area contributed by atoms with Crippen molar-refractivity contribution in [3.05, 3.63) is 34.0 Å². The van der Waals surface area contributed by atoms with Crippen LogP contribution < -0.4 is 10.2 Å². The molecule has 0 saturated carbocycles. The third-order valence-corrected chi connectivity index (χ3v) is 5.60. The number of nitrogens with one attached hydrogen (secondary N) is 3. The number of rotatable bonds is 7. The Bertz CT molecular complexity index is 893. The van der Waals surface area contributed by atoms with Crippen LogP contribution in [0.5, 0.6) is 0 Å². The van der Waals surface area contributed by atoms with E-state index >= 15 is 0 Å². The van der Waals surface area contributed by atoms with E-state index in [1.165, 1.54) is 0 Å². The van der Waals surface area contributed by atoms with Crippen LogP contribution in [0.25, 0.3) is 0 Å². The number of aromatic carboxylic acids is 1. The quantitative estimate of drug-likeness (QED) is 0.541. The molecule has 10 heteroatoms. The maximum atomic E-state index is 12.6. The molecule has 2 unspecified atom stereocenters. The highest BCUT2D eigenvalue weighted by Crippen LogP contribution is 2.24. The third-order valence-electron chi connectivity index (χ3n) is 5.29. The number of methoxy groups -OCH3 is 1. The summed E-state index contributed by atoms with van der Waals surface area (Å²) in [5.74, 6) is -0.338. The van der Waals surface area contributed by atoms with Gasteiger partial charge in [0.1, 0.15) is 5.82 Å². The Kier molecular flexibility index (Phi) is 6.49. The van der Waals surface area contributed by atoms with Gasteiger partial charge >= 0.3 is 5.97 Å². The molecule has 3 rings (SSSR count). The van der Waals surface area contributed by atoms with Crippen LogP contribution in [0.1, 0.15) is 52.6 Å². The van der Waals surface area contributed by atoms with E-state index in [0.29, 0.717) is 43.2 Å². The van der Waals surface area contributed by atoms with Crippen LogP contribution >= 0.6 is 11.6 Å². The molecule has 0 spiro atoms. The minimum atomic E-state index is -0.946. The summed E-state index contributed by atoms with van der Waals surface area (Å²) in [6.45, 7) is 5.00. The average Bonchev–Trinajstić information content (AvgIpc) is 3.31. The molecule has 0 radical (unpaired) electrons. The summed E-state index contributed by atoms with van der Waals surface area (Å²) in [6, 6.07) is 1.46. The van der Waals surface area contributed by atoms with E-state index < -0.39 is 5.97 Å². The number of hydrogen-bond acceptors (Lipinski definition) is 5. The van der Waals surface area contributed by atoms with Crippen molar-refractivity contribution in [3.8, 4) is 0 Å². The van der Waals surface area contributed by atoms with Crippen molar-refractivity contribution < 1.29 is 19.4 Å². The number of H-pyrrole nitrogens is 2. The number of carboxylic acids is 1. The minimum Gasteiger partial charge on any atom is -0.478 e. The number of halogens is 1. The number of aromatic amines is 2. The van der Waals surface area contributed by atoms with Gasteiger partial charge in [-0.05, 0) is 25.3 Å². The van der Waals surface area contributed by atoms with Crippen molar-refractivity contribution >= 4 is 29.3 Å². The van der Waals surface area contributed by atoms with Crippen molar-refractivity contribution in [2.75, 3.05) is 25.1 Å². The summed E-state index contributed by atoms with van der Waals surface area (Å²) < 4.78 is 5.61. The van der Waals surface area contributed by atoms with Gasteiger partial charge in [-0.25, -0.2) is 9.78 Å². The average molecular weight is 424 g/mol. The molecule has 2 aromatic heterocycles. The Morgan fingerprint density at radius 3 is 2.62 bits per heavy atom. The number of amides is 1. The zero-order valence-corrected chi connectivity index (χ0v) is 17.5. The van der Waals surface area contributed by atoms with E-state index in [0.717, 1.165) is 11.5 Å². The molecule has 1 fully saturated rings. The number of carbonyl (C=O) groups is 2. The molecule has 2 atom stereocenters. The van der Waals surface area contributed by atoms with E-state index in [9.17, 15) is 14.7 Å². The van der Waals surface area contributed by atoms with E-state index in [1.807, 2.05) is 18.7 Å². The molecular weight excluding hydrogens is 398 g/mol. The maximum Gasteiger partial charge on any atom is 0.337 e. The highest BCUT2D eigenvalue weighted by atomic mass is 35.5. The summed E-state index contributed by atoms with van der Waals surface area (Å²) in [4.78, 5) is 36.3. The third kappa shape index (κ3) is 4.40. The number of aromatic nitrogens is 3. The second kappa shape index (κ2) is 8.87. The molecule has 0 aromatic carbocycles. The second-order valence-electron chi connectivity index (χ2n) is 7.00. The molecule has 0 aliphatic carbocycles. The van der Waals surface area contributed by atoms with Gasteiger partial charge in [0.05, 0.1) is 23.4 Å². The second-order valence-corrected chi connectivity index (χ2v) is 7.36. The molecule has 2 aromatic rings. The Hall–Kier alpha value is -2.52. The van der Waals surface area contributed by atoms with E-state index in [4.69, 9.17) is 16.3 Å². The van der Waals surface area contributed by atoms with Crippen molar-refractivity contribution in [3.63, 3.8) is 0 Å². The number of carboxylic acid groups (broad SMARTS) is 1. The lowest BCUT2D eigenvalue weighted by Gasteiger charge is -2.38. The van der Waals surface area contributed by atoms with Crippen LogP contribution in [0.4, 0.5) is 5.82 Å². The van der Waals surface area contributed by atoms with Gasteiger partial charge in [-0.2, -0.15) is 0 Å². The molecular formula is C19H26ClN5O4. The molecule has 3 heterocycles. The SMILES string of the molecule is CCc1[nH]c(N2CCC(NC(=O)c3nc(Cl)c(CC)[nH]3)C(OC)C2)cc1C(=O)O. The van der Waals surface area contributed by atoms with Crippen molar-refractivity contribution in [1.29, 1.82) is 0 Å². The van der Waals surface area contributed by atoms with Crippen LogP contribution in [0.3, 0.4) is 0 Å². The van der Waals surface area contributed by atoms with Gasteiger partial charge in [-0.1, -0.05) is 25.4 Å². The largest absolute Gasteiger partial charge is 0.478 e.